The maximum atomic E-state index is 12.0. The molecule has 26 heavy (non-hydrogen) atoms. The Hall–Kier alpha value is -2.82. The normalized spacial score (nSPS) is 14.5. The van der Waals surface area contributed by atoms with E-state index < -0.39 is 0 Å². The molecule has 1 fully saturated rings. The Labute approximate surface area is 153 Å². The molecule has 1 aliphatic rings. The summed E-state index contributed by atoms with van der Waals surface area (Å²) in [5.41, 5.74) is 7.14. The Morgan fingerprint density at radius 1 is 0.846 bits per heavy atom. The van der Waals surface area contributed by atoms with E-state index in [1.54, 1.807) is 0 Å². The quantitative estimate of drug-likeness (QED) is 0.810. The largest absolute Gasteiger partial charge is 0.484 e. The van der Waals surface area contributed by atoms with Gasteiger partial charge in [0.05, 0.1) is 0 Å². The Bertz CT molecular complexity index is 723. The van der Waals surface area contributed by atoms with Gasteiger partial charge < -0.3 is 4.74 Å². The number of amides is 2. The lowest BCUT2D eigenvalue weighted by molar-refractivity contribution is -0.132. The molecule has 5 heteroatoms. The average molecular weight is 352 g/mol. The standard InChI is InChI=1S/C21H24N2O3/c24-20(22-23-21(25)18-9-5-2-6-10-18)15-26-19-13-11-17(12-14-19)16-7-3-1-4-8-16/h1,3-4,7-8,11-14,18H,2,5-6,9-10,15H2,(H,22,24)(H,23,25). The monoisotopic (exact) mass is 352 g/mol. The molecule has 5 nitrogen and oxygen atoms in total. The summed E-state index contributed by atoms with van der Waals surface area (Å²) in [5, 5.41) is 0. The lowest BCUT2D eigenvalue weighted by Crippen LogP contribution is -2.46. The molecule has 2 aromatic rings. The number of rotatable bonds is 5. The maximum Gasteiger partial charge on any atom is 0.276 e. The zero-order valence-electron chi connectivity index (χ0n) is 14.7. The minimum Gasteiger partial charge on any atom is -0.484 e. The van der Waals surface area contributed by atoms with Crippen molar-refractivity contribution in [3.63, 3.8) is 0 Å². The highest BCUT2D eigenvalue weighted by atomic mass is 16.5. The van der Waals surface area contributed by atoms with Crippen LogP contribution in [0.1, 0.15) is 32.1 Å². The van der Waals surface area contributed by atoms with Crippen molar-refractivity contribution < 1.29 is 14.3 Å². The van der Waals surface area contributed by atoms with E-state index in [0.717, 1.165) is 36.8 Å². The Balaban J connectivity index is 1.42. The van der Waals surface area contributed by atoms with Gasteiger partial charge in [0, 0.05) is 5.92 Å². The van der Waals surface area contributed by atoms with Crippen molar-refractivity contribution in [2.75, 3.05) is 6.61 Å². The van der Waals surface area contributed by atoms with Crippen LogP contribution in [0.4, 0.5) is 0 Å². The molecule has 2 N–H and O–H groups in total. The molecule has 0 radical (unpaired) electrons. The number of nitrogens with one attached hydrogen (secondary N) is 2. The fourth-order valence-corrected chi connectivity index (χ4v) is 3.16. The van der Waals surface area contributed by atoms with Crippen molar-refractivity contribution in [2.45, 2.75) is 32.1 Å². The summed E-state index contributed by atoms with van der Waals surface area (Å²) in [6.45, 7) is -0.143. The molecule has 0 bridgehead atoms. The van der Waals surface area contributed by atoms with Crippen LogP contribution in [0.2, 0.25) is 0 Å². The van der Waals surface area contributed by atoms with Crippen LogP contribution in [-0.4, -0.2) is 18.4 Å². The van der Waals surface area contributed by atoms with Gasteiger partial charge in [0.15, 0.2) is 6.61 Å². The van der Waals surface area contributed by atoms with Gasteiger partial charge in [-0.25, -0.2) is 0 Å². The predicted octanol–water partition coefficient (Wildman–Crippen LogP) is 3.46. The molecular formula is C21H24N2O3. The molecule has 1 saturated carbocycles. The van der Waals surface area contributed by atoms with E-state index in [-0.39, 0.29) is 24.3 Å². The number of ether oxygens (including phenoxy) is 1. The molecule has 0 heterocycles. The summed E-state index contributed by atoms with van der Waals surface area (Å²) < 4.78 is 5.47. The van der Waals surface area contributed by atoms with Crippen LogP contribution in [0, 0.1) is 5.92 Å². The highest BCUT2D eigenvalue weighted by molar-refractivity contribution is 5.84. The molecular weight excluding hydrogens is 328 g/mol. The summed E-state index contributed by atoms with van der Waals surface area (Å²) in [6, 6.07) is 17.6. The highest BCUT2D eigenvalue weighted by Gasteiger charge is 2.21. The molecule has 0 unspecified atom stereocenters. The van der Waals surface area contributed by atoms with Crippen LogP contribution < -0.4 is 15.6 Å². The van der Waals surface area contributed by atoms with Crippen molar-refractivity contribution in [3.05, 3.63) is 54.6 Å². The van der Waals surface area contributed by atoms with Gasteiger partial charge in [-0.1, -0.05) is 61.7 Å². The van der Waals surface area contributed by atoms with E-state index in [2.05, 4.69) is 10.9 Å². The number of carbonyl (C=O) groups excluding carboxylic acids is 2. The highest BCUT2D eigenvalue weighted by Crippen LogP contribution is 2.23. The summed E-state index contributed by atoms with van der Waals surface area (Å²) >= 11 is 0. The number of hydrogen-bond acceptors (Lipinski definition) is 3. The minimum atomic E-state index is -0.374. The third-order valence-corrected chi connectivity index (χ3v) is 4.63. The first kappa shape index (κ1) is 18.0. The maximum absolute atomic E-state index is 12.0. The Morgan fingerprint density at radius 2 is 1.50 bits per heavy atom. The molecule has 1 aliphatic carbocycles. The van der Waals surface area contributed by atoms with E-state index in [1.807, 2.05) is 54.6 Å². The number of carbonyl (C=O) groups is 2. The van der Waals surface area contributed by atoms with Gasteiger partial charge in [0.2, 0.25) is 5.91 Å². The summed E-state index contributed by atoms with van der Waals surface area (Å²) in [5.74, 6) is 0.139. The minimum absolute atomic E-state index is 0.00972. The topological polar surface area (TPSA) is 67.4 Å². The number of hydrazine groups is 1. The van der Waals surface area contributed by atoms with Crippen molar-refractivity contribution in [3.8, 4) is 16.9 Å². The predicted molar refractivity (Wildman–Crippen MR) is 100 cm³/mol. The second-order valence-corrected chi connectivity index (χ2v) is 6.55. The fourth-order valence-electron chi connectivity index (χ4n) is 3.16. The fraction of sp³-hybridized carbons (Fsp3) is 0.333. The van der Waals surface area contributed by atoms with Gasteiger partial charge in [0.25, 0.3) is 5.91 Å². The van der Waals surface area contributed by atoms with Gasteiger partial charge >= 0.3 is 0 Å². The van der Waals surface area contributed by atoms with E-state index in [1.165, 1.54) is 6.42 Å². The molecule has 0 aromatic heterocycles. The van der Waals surface area contributed by atoms with E-state index >= 15 is 0 Å². The van der Waals surface area contributed by atoms with Gasteiger partial charge in [-0.15, -0.1) is 0 Å². The molecule has 2 amide bonds. The Morgan fingerprint density at radius 3 is 2.19 bits per heavy atom. The second-order valence-electron chi connectivity index (χ2n) is 6.55. The summed E-state index contributed by atoms with van der Waals surface area (Å²) in [6.07, 6.45) is 5.13. The second kappa shape index (κ2) is 9.04. The Kier molecular flexibility index (Phi) is 6.25. The summed E-state index contributed by atoms with van der Waals surface area (Å²) in [7, 11) is 0. The third-order valence-electron chi connectivity index (χ3n) is 4.63. The molecule has 3 rings (SSSR count). The average Bonchev–Trinajstić information content (AvgIpc) is 2.72. The van der Waals surface area contributed by atoms with Crippen LogP contribution in [0.15, 0.2) is 54.6 Å². The first-order chi connectivity index (χ1) is 12.7. The molecule has 2 aromatic carbocycles. The lowest BCUT2D eigenvalue weighted by Gasteiger charge is -2.20. The van der Waals surface area contributed by atoms with Crippen LogP contribution in [0.25, 0.3) is 11.1 Å². The smallest absolute Gasteiger partial charge is 0.276 e. The van der Waals surface area contributed by atoms with Gasteiger partial charge in [0.1, 0.15) is 5.75 Å². The van der Waals surface area contributed by atoms with Gasteiger partial charge in [-0.3, -0.25) is 20.4 Å². The summed E-state index contributed by atoms with van der Waals surface area (Å²) in [4.78, 5) is 23.8. The van der Waals surface area contributed by atoms with Crippen molar-refractivity contribution in [2.24, 2.45) is 5.92 Å². The van der Waals surface area contributed by atoms with Crippen LogP contribution in [0.3, 0.4) is 0 Å². The zero-order valence-corrected chi connectivity index (χ0v) is 14.7. The van der Waals surface area contributed by atoms with Gasteiger partial charge in [-0.2, -0.15) is 0 Å². The molecule has 0 atom stereocenters. The van der Waals surface area contributed by atoms with Crippen LogP contribution in [-0.2, 0) is 9.59 Å². The molecule has 0 aliphatic heterocycles. The SMILES string of the molecule is O=C(COc1ccc(-c2ccccc2)cc1)NNC(=O)C1CCCCC1. The van der Waals surface area contributed by atoms with Crippen LogP contribution in [0.5, 0.6) is 5.75 Å². The molecule has 136 valence electrons. The third kappa shape index (κ3) is 5.09. The number of hydrogen-bond donors (Lipinski definition) is 2. The molecule has 0 saturated heterocycles. The van der Waals surface area contributed by atoms with E-state index in [0.29, 0.717) is 5.75 Å². The van der Waals surface area contributed by atoms with Crippen molar-refractivity contribution in [1.82, 2.24) is 10.9 Å². The van der Waals surface area contributed by atoms with Gasteiger partial charge in [-0.05, 0) is 36.1 Å². The first-order valence-electron chi connectivity index (χ1n) is 9.09. The van der Waals surface area contributed by atoms with E-state index in [4.69, 9.17) is 4.74 Å². The van der Waals surface area contributed by atoms with Crippen molar-refractivity contribution in [1.29, 1.82) is 0 Å². The van der Waals surface area contributed by atoms with Crippen LogP contribution >= 0.6 is 0 Å². The zero-order chi connectivity index (χ0) is 18.2. The van der Waals surface area contributed by atoms with Crippen molar-refractivity contribution >= 4 is 11.8 Å². The molecule has 0 spiro atoms. The lowest BCUT2D eigenvalue weighted by atomic mass is 9.89. The van der Waals surface area contributed by atoms with E-state index in [9.17, 15) is 9.59 Å². The first-order valence-corrected chi connectivity index (χ1v) is 9.09. The number of benzene rings is 2.